The van der Waals surface area contributed by atoms with Gasteiger partial charge in [-0.15, -0.1) is 0 Å². The molecule has 128 valence electrons. The van der Waals surface area contributed by atoms with Crippen molar-refractivity contribution in [1.82, 2.24) is 10.2 Å². The maximum Gasteiger partial charge on any atom is 0.258 e. The zero-order valence-corrected chi connectivity index (χ0v) is 13.7. The maximum absolute atomic E-state index is 13.8. The van der Waals surface area contributed by atoms with E-state index in [9.17, 15) is 14.0 Å². The molecule has 1 atom stereocenters. The third-order valence-corrected chi connectivity index (χ3v) is 4.15. The zero-order valence-electron chi connectivity index (χ0n) is 13.7. The molecule has 5 heteroatoms. The SMILES string of the molecule is O=C(NCCc1ccccc1)[C@@H]1C=CCN1C(=O)c1ccccc1F. The number of nitrogens with one attached hydrogen (secondary N) is 1. The molecule has 0 saturated carbocycles. The van der Waals surface area contributed by atoms with Gasteiger partial charge in [0.25, 0.3) is 5.91 Å². The van der Waals surface area contributed by atoms with E-state index in [1.54, 1.807) is 18.2 Å². The van der Waals surface area contributed by atoms with Gasteiger partial charge in [-0.25, -0.2) is 4.39 Å². The van der Waals surface area contributed by atoms with Crippen LogP contribution in [0, 0.1) is 5.82 Å². The van der Waals surface area contributed by atoms with E-state index in [0.717, 1.165) is 5.56 Å². The van der Waals surface area contributed by atoms with Crippen LogP contribution < -0.4 is 5.32 Å². The number of carbonyl (C=O) groups is 2. The Morgan fingerprint density at radius 1 is 1.08 bits per heavy atom. The van der Waals surface area contributed by atoms with Crippen molar-refractivity contribution in [1.29, 1.82) is 0 Å². The van der Waals surface area contributed by atoms with Gasteiger partial charge in [0.1, 0.15) is 11.9 Å². The average Bonchev–Trinajstić information content (AvgIpc) is 3.12. The summed E-state index contributed by atoms with van der Waals surface area (Å²) in [6.07, 6.45) is 4.14. The Balaban J connectivity index is 1.61. The Labute approximate surface area is 146 Å². The first-order valence-corrected chi connectivity index (χ1v) is 8.20. The molecule has 3 rings (SSSR count). The second-order valence-electron chi connectivity index (χ2n) is 5.84. The summed E-state index contributed by atoms with van der Waals surface area (Å²) in [7, 11) is 0. The second kappa shape index (κ2) is 7.75. The van der Waals surface area contributed by atoms with Crippen molar-refractivity contribution in [2.24, 2.45) is 0 Å². The molecule has 0 radical (unpaired) electrons. The third kappa shape index (κ3) is 3.94. The minimum atomic E-state index is -0.706. The van der Waals surface area contributed by atoms with Crippen molar-refractivity contribution in [2.45, 2.75) is 12.5 Å². The fourth-order valence-corrected chi connectivity index (χ4v) is 2.83. The molecule has 1 aliphatic rings. The van der Waals surface area contributed by atoms with Crippen molar-refractivity contribution in [3.05, 3.63) is 83.7 Å². The maximum atomic E-state index is 13.8. The smallest absolute Gasteiger partial charge is 0.258 e. The number of hydrogen-bond acceptors (Lipinski definition) is 2. The highest BCUT2D eigenvalue weighted by Crippen LogP contribution is 2.17. The fraction of sp³-hybridized carbons (Fsp3) is 0.200. The molecule has 25 heavy (non-hydrogen) atoms. The number of halogens is 1. The van der Waals surface area contributed by atoms with Crippen molar-refractivity contribution in [3.8, 4) is 0 Å². The number of hydrogen-bond donors (Lipinski definition) is 1. The van der Waals surface area contributed by atoms with Crippen LogP contribution >= 0.6 is 0 Å². The molecule has 1 N–H and O–H groups in total. The first kappa shape index (κ1) is 16.9. The van der Waals surface area contributed by atoms with Gasteiger partial charge < -0.3 is 10.2 Å². The molecule has 4 nitrogen and oxygen atoms in total. The summed E-state index contributed by atoms with van der Waals surface area (Å²) < 4.78 is 13.8. The zero-order chi connectivity index (χ0) is 17.6. The number of amides is 2. The molecule has 1 aliphatic heterocycles. The lowest BCUT2D eigenvalue weighted by Gasteiger charge is -2.24. The number of rotatable bonds is 5. The molecular weight excluding hydrogens is 319 g/mol. The topological polar surface area (TPSA) is 49.4 Å². The van der Waals surface area contributed by atoms with E-state index < -0.39 is 17.8 Å². The summed E-state index contributed by atoms with van der Waals surface area (Å²) in [5.74, 6) is -1.32. The van der Waals surface area contributed by atoms with E-state index in [-0.39, 0.29) is 11.5 Å². The van der Waals surface area contributed by atoms with Gasteiger partial charge in [0, 0.05) is 13.1 Å². The molecule has 2 aromatic carbocycles. The molecule has 0 bridgehead atoms. The Morgan fingerprint density at radius 2 is 1.80 bits per heavy atom. The predicted octanol–water partition coefficient (Wildman–Crippen LogP) is 2.57. The van der Waals surface area contributed by atoms with Crippen LogP contribution in [0.2, 0.25) is 0 Å². The van der Waals surface area contributed by atoms with Gasteiger partial charge in [0.15, 0.2) is 0 Å². The summed E-state index contributed by atoms with van der Waals surface area (Å²) in [5.41, 5.74) is 1.11. The highest BCUT2D eigenvalue weighted by atomic mass is 19.1. The summed E-state index contributed by atoms with van der Waals surface area (Å²) in [6.45, 7) is 0.777. The number of carbonyl (C=O) groups excluding carboxylic acids is 2. The lowest BCUT2D eigenvalue weighted by atomic mass is 10.1. The monoisotopic (exact) mass is 338 g/mol. The normalized spacial score (nSPS) is 16.0. The van der Waals surface area contributed by atoms with E-state index >= 15 is 0 Å². The van der Waals surface area contributed by atoms with E-state index in [1.165, 1.54) is 23.1 Å². The molecule has 0 spiro atoms. The molecule has 2 aromatic rings. The van der Waals surface area contributed by atoms with Gasteiger partial charge in [-0.3, -0.25) is 9.59 Å². The summed E-state index contributed by atoms with van der Waals surface area (Å²) >= 11 is 0. The molecule has 0 aliphatic carbocycles. The lowest BCUT2D eigenvalue weighted by molar-refractivity contribution is -0.123. The van der Waals surface area contributed by atoms with E-state index in [4.69, 9.17) is 0 Å². The van der Waals surface area contributed by atoms with E-state index in [0.29, 0.717) is 19.5 Å². The standard InChI is InChI=1S/C20H19FN2O2/c21-17-10-5-4-9-16(17)20(25)23-14-6-11-18(23)19(24)22-13-12-15-7-2-1-3-8-15/h1-11,18H,12-14H2,(H,22,24)/t18-/m0/s1. The Hall–Kier alpha value is -2.95. The molecule has 0 saturated heterocycles. The Morgan fingerprint density at radius 3 is 2.56 bits per heavy atom. The van der Waals surface area contributed by atoms with Crippen LogP contribution in [0.3, 0.4) is 0 Å². The van der Waals surface area contributed by atoms with Crippen molar-refractivity contribution >= 4 is 11.8 Å². The van der Waals surface area contributed by atoms with Crippen molar-refractivity contribution in [2.75, 3.05) is 13.1 Å². The second-order valence-corrected chi connectivity index (χ2v) is 5.84. The highest BCUT2D eigenvalue weighted by Gasteiger charge is 2.31. The van der Waals surface area contributed by atoms with Gasteiger partial charge in [-0.1, -0.05) is 54.6 Å². The molecule has 2 amide bonds. The molecule has 0 fully saturated rings. The first-order chi connectivity index (χ1) is 12.2. The van der Waals surface area contributed by atoms with Gasteiger partial charge in [0.05, 0.1) is 5.56 Å². The Bertz CT molecular complexity index is 789. The van der Waals surface area contributed by atoms with Crippen LogP contribution in [0.4, 0.5) is 4.39 Å². The minimum absolute atomic E-state index is 0.0201. The lowest BCUT2D eigenvalue weighted by Crippen LogP contribution is -2.46. The van der Waals surface area contributed by atoms with Crippen LogP contribution in [-0.2, 0) is 11.2 Å². The largest absolute Gasteiger partial charge is 0.354 e. The first-order valence-electron chi connectivity index (χ1n) is 8.20. The van der Waals surface area contributed by atoms with Crippen LogP contribution in [0.15, 0.2) is 66.7 Å². The van der Waals surface area contributed by atoms with Gasteiger partial charge >= 0.3 is 0 Å². The van der Waals surface area contributed by atoms with Gasteiger partial charge in [0.2, 0.25) is 5.91 Å². The molecular formula is C20H19FN2O2. The summed E-state index contributed by atoms with van der Waals surface area (Å²) in [5, 5.41) is 2.85. The fourth-order valence-electron chi connectivity index (χ4n) is 2.83. The van der Waals surface area contributed by atoms with Crippen molar-refractivity contribution < 1.29 is 14.0 Å². The molecule has 0 unspecified atom stereocenters. The van der Waals surface area contributed by atoms with Crippen LogP contribution in [0.5, 0.6) is 0 Å². The highest BCUT2D eigenvalue weighted by molar-refractivity contribution is 5.99. The van der Waals surface area contributed by atoms with E-state index in [2.05, 4.69) is 5.32 Å². The predicted molar refractivity (Wildman–Crippen MR) is 93.5 cm³/mol. The van der Waals surface area contributed by atoms with E-state index in [1.807, 2.05) is 30.3 Å². The van der Waals surface area contributed by atoms with Crippen LogP contribution in [0.25, 0.3) is 0 Å². The Kier molecular flexibility index (Phi) is 5.23. The molecule has 0 aromatic heterocycles. The minimum Gasteiger partial charge on any atom is -0.354 e. The van der Waals surface area contributed by atoms with Gasteiger partial charge in [-0.05, 0) is 24.1 Å². The molecule has 1 heterocycles. The third-order valence-electron chi connectivity index (χ3n) is 4.15. The van der Waals surface area contributed by atoms with Crippen LogP contribution in [-0.4, -0.2) is 35.8 Å². The van der Waals surface area contributed by atoms with Crippen molar-refractivity contribution in [3.63, 3.8) is 0 Å². The average molecular weight is 338 g/mol. The quantitative estimate of drug-likeness (QED) is 0.852. The van der Waals surface area contributed by atoms with Crippen LogP contribution in [0.1, 0.15) is 15.9 Å². The van der Waals surface area contributed by atoms with Gasteiger partial charge in [-0.2, -0.15) is 0 Å². The number of benzene rings is 2. The summed E-state index contributed by atoms with van der Waals surface area (Å²) in [4.78, 5) is 26.3. The number of nitrogens with zero attached hydrogens (tertiary/aromatic N) is 1. The summed E-state index contributed by atoms with van der Waals surface area (Å²) in [6, 6.07) is 14.9.